The second kappa shape index (κ2) is 11.5. The summed E-state index contributed by atoms with van der Waals surface area (Å²) in [5.74, 6) is -3.95. The minimum absolute atomic E-state index is 0.108. The van der Waals surface area contributed by atoms with E-state index in [1.165, 1.54) is 72.8 Å². The van der Waals surface area contributed by atoms with Crippen molar-refractivity contribution in [3.63, 3.8) is 0 Å². The number of aryl methyl sites for hydroxylation is 3. The Balaban J connectivity index is 2.17. The van der Waals surface area contributed by atoms with Gasteiger partial charge < -0.3 is 0 Å². The van der Waals surface area contributed by atoms with E-state index in [9.17, 15) is 28.8 Å². The Morgan fingerprint density at radius 2 is 0.811 bits per heavy atom. The maximum absolute atomic E-state index is 13.7. The number of rotatable bonds is 9. The van der Waals surface area contributed by atoms with Crippen molar-refractivity contribution in [3.8, 4) is 0 Å². The Hall–Kier alpha value is -5.19. The number of Topliss-reactive ketones (excluding diaryl/α,β-unsaturated/α-hetero) is 3. The molecule has 0 spiro atoms. The van der Waals surface area contributed by atoms with E-state index in [0.717, 1.165) is 0 Å². The van der Waals surface area contributed by atoms with Crippen LogP contribution in [-0.4, -0.2) is 35.6 Å². The van der Waals surface area contributed by atoms with Gasteiger partial charge in [0.1, 0.15) is 5.92 Å². The summed E-state index contributed by atoms with van der Waals surface area (Å²) in [5, 5.41) is 0. The lowest BCUT2D eigenvalue weighted by Crippen LogP contribution is -2.33. The van der Waals surface area contributed by atoms with Crippen LogP contribution in [0.5, 0.6) is 0 Å². The van der Waals surface area contributed by atoms with Crippen LogP contribution in [0.3, 0.4) is 0 Å². The number of ketones is 3. The fraction of sp³-hybridized carbons (Fsp3) is 0.143. The van der Waals surface area contributed by atoms with Crippen LogP contribution in [0.1, 0.15) is 47.8 Å². The largest absolute Gasteiger partial charge is 0.293 e. The van der Waals surface area contributed by atoms with E-state index >= 15 is 0 Å². The maximum atomic E-state index is 13.7. The first-order valence-electron chi connectivity index (χ1n) is 10.9. The Bertz CT molecular complexity index is 1400. The van der Waals surface area contributed by atoms with Crippen LogP contribution in [0.2, 0.25) is 0 Å². The highest BCUT2D eigenvalue weighted by molar-refractivity contribution is 6.32. The van der Waals surface area contributed by atoms with Crippen LogP contribution in [0, 0.1) is 26.7 Å². The Labute approximate surface area is 211 Å². The van der Waals surface area contributed by atoms with Gasteiger partial charge in [0.2, 0.25) is 18.2 Å². The van der Waals surface area contributed by atoms with Gasteiger partial charge in [-0.25, -0.2) is 14.4 Å². The third-order valence-corrected chi connectivity index (χ3v) is 5.74. The number of nitrogens with zero attached hydrogens (tertiary/aromatic N) is 3. The van der Waals surface area contributed by atoms with E-state index in [1.54, 1.807) is 20.8 Å². The molecule has 0 aliphatic heterocycles. The zero-order chi connectivity index (χ0) is 27.1. The van der Waals surface area contributed by atoms with Crippen LogP contribution in [0.4, 0.5) is 17.1 Å². The molecule has 182 valence electrons. The lowest BCUT2D eigenvalue weighted by Gasteiger charge is -2.18. The highest BCUT2D eigenvalue weighted by Gasteiger charge is 2.37. The van der Waals surface area contributed by atoms with Crippen LogP contribution >= 0.6 is 0 Å². The third-order valence-electron chi connectivity index (χ3n) is 5.74. The molecule has 3 aromatic carbocycles. The first kappa shape index (κ1) is 26.4. The summed E-state index contributed by atoms with van der Waals surface area (Å²) in [5.41, 5.74) is 2.35. The zero-order valence-electron chi connectivity index (χ0n) is 20.1. The number of isocyanates is 3. The first-order chi connectivity index (χ1) is 17.7. The fourth-order valence-corrected chi connectivity index (χ4v) is 3.96. The molecule has 0 saturated heterocycles. The first-order valence-corrected chi connectivity index (χ1v) is 10.9. The average Bonchev–Trinajstić information content (AvgIpc) is 2.85. The molecular weight excluding hydrogens is 474 g/mol. The van der Waals surface area contributed by atoms with Gasteiger partial charge in [0, 0.05) is 16.7 Å². The fourth-order valence-electron chi connectivity index (χ4n) is 3.96. The molecule has 9 nitrogen and oxygen atoms in total. The summed E-state index contributed by atoms with van der Waals surface area (Å²) in [6.07, 6.45) is 4.26. The van der Waals surface area contributed by atoms with E-state index in [0.29, 0.717) is 16.7 Å². The van der Waals surface area contributed by atoms with Gasteiger partial charge >= 0.3 is 0 Å². The van der Waals surface area contributed by atoms with Gasteiger partial charge in [0.25, 0.3) is 0 Å². The lowest BCUT2D eigenvalue weighted by atomic mass is 9.81. The molecule has 3 aromatic rings. The van der Waals surface area contributed by atoms with Gasteiger partial charge in [-0.05, 0) is 92.1 Å². The van der Waals surface area contributed by atoms with Gasteiger partial charge in [-0.15, -0.1) is 0 Å². The van der Waals surface area contributed by atoms with Crippen molar-refractivity contribution in [1.29, 1.82) is 0 Å². The number of hydrogen-bond acceptors (Lipinski definition) is 9. The van der Waals surface area contributed by atoms with Crippen molar-refractivity contribution in [1.82, 2.24) is 0 Å². The predicted molar refractivity (Wildman–Crippen MR) is 133 cm³/mol. The Kier molecular flexibility index (Phi) is 8.20. The van der Waals surface area contributed by atoms with Crippen LogP contribution in [0.15, 0.2) is 69.6 Å². The standard InChI is InChI=1S/C28H19N3O6/c1-16-10-19(29-13-32)4-7-22(16)26(35)25(27(36)23-8-5-20(30-14-33)11-17(23)2)28(37)24-9-6-21(31-15-34)12-18(24)3/h4-12,25H,1-3H3. The molecule has 37 heavy (non-hydrogen) atoms. The summed E-state index contributed by atoms with van der Waals surface area (Å²) < 4.78 is 0. The smallest absolute Gasteiger partial charge is 0.240 e. The quantitative estimate of drug-likeness (QED) is 0.176. The highest BCUT2D eigenvalue weighted by atomic mass is 16.2. The summed E-state index contributed by atoms with van der Waals surface area (Å²) in [7, 11) is 0. The second-order valence-electron chi connectivity index (χ2n) is 8.13. The number of carbonyl (C=O) groups is 3. The van der Waals surface area contributed by atoms with Gasteiger partial charge in [-0.2, -0.15) is 15.0 Å². The number of hydrogen-bond donors (Lipinski definition) is 0. The molecule has 0 aromatic heterocycles. The molecular formula is C28H19N3O6. The molecule has 0 amide bonds. The molecule has 0 saturated carbocycles. The predicted octanol–water partition coefficient (Wildman–Crippen LogP) is 5.08. The molecule has 0 N–H and O–H groups in total. The van der Waals surface area contributed by atoms with Crippen molar-refractivity contribution in [3.05, 3.63) is 88.0 Å². The molecule has 0 radical (unpaired) electrons. The minimum atomic E-state index is -1.74. The van der Waals surface area contributed by atoms with E-state index in [-0.39, 0.29) is 33.8 Å². The minimum Gasteiger partial charge on any atom is -0.293 e. The normalized spacial score (nSPS) is 10.8. The van der Waals surface area contributed by atoms with Crippen LogP contribution < -0.4 is 0 Å². The summed E-state index contributed by atoms with van der Waals surface area (Å²) in [4.78, 5) is 83.6. The van der Waals surface area contributed by atoms with Gasteiger partial charge in [-0.1, -0.05) is 0 Å². The van der Waals surface area contributed by atoms with Gasteiger partial charge in [-0.3, -0.25) is 14.4 Å². The number of aliphatic imine (C=N–C) groups is 3. The summed E-state index contributed by atoms with van der Waals surface area (Å²) in [6, 6.07) is 12.8. The van der Waals surface area contributed by atoms with Crippen LogP contribution in [0.25, 0.3) is 0 Å². The highest BCUT2D eigenvalue weighted by Crippen LogP contribution is 2.28. The second-order valence-corrected chi connectivity index (χ2v) is 8.13. The average molecular weight is 493 g/mol. The molecule has 0 heterocycles. The summed E-state index contributed by atoms with van der Waals surface area (Å²) >= 11 is 0. The monoisotopic (exact) mass is 493 g/mol. The zero-order valence-corrected chi connectivity index (χ0v) is 20.1. The molecule has 0 fully saturated rings. The van der Waals surface area contributed by atoms with E-state index in [1.807, 2.05) is 0 Å². The molecule has 0 unspecified atom stereocenters. The Morgan fingerprint density at radius 1 is 0.541 bits per heavy atom. The van der Waals surface area contributed by atoms with Crippen molar-refractivity contribution in [2.75, 3.05) is 0 Å². The SMILES string of the molecule is Cc1cc(N=C=O)ccc1C(=O)C(C(=O)c1ccc(N=C=O)cc1C)C(=O)c1ccc(N=C=O)cc1C. The molecule has 0 aliphatic carbocycles. The van der Waals surface area contributed by atoms with Gasteiger partial charge in [0.05, 0.1) is 17.1 Å². The maximum Gasteiger partial charge on any atom is 0.240 e. The summed E-state index contributed by atoms with van der Waals surface area (Å²) in [6.45, 7) is 4.79. The third kappa shape index (κ3) is 5.73. The van der Waals surface area contributed by atoms with E-state index in [4.69, 9.17) is 0 Å². The van der Waals surface area contributed by atoms with Crippen molar-refractivity contribution >= 4 is 52.7 Å². The topological polar surface area (TPSA) is 140 Å². The van der Waals surface area contributed by atoms with Crippen LogP contribution in [-0.2, 0) is 14.4 Å². The van der Waals surface area contributed by atoms with Crippen molar-refractivity contribution in [2.24, 2.45) is 20.9 Å². The Morgan fingerprint density at radius 3 is 1.03 bits per heavy atom. The lowest BCUT2D eigenvalue weighted by molar-refractivity contribution is 0.0733. The number of carbonyl (C=O) groups excluding carboxylic acids is 6. The van der Waals surface area contributed by atoms with Crippen molar-refractivity contribution in [2.45, 2.75) is 20.8 Å². The number of benzene rings is 3. The van der Waals surface area contributed by atoms with E-state index < -0.39 is 23.3 Å². The molecule has 9 heteroatoms. The van der Waals surface area contributed by atoms with Gasteiger partial charge in [0.15, 0.2) is 17.3 Å². The van der Waals surface area contributed by atoms with E-state index in [2.05, 4.69) is 15.0 Å². The van der Waals surface area contributed by atoms with Crippen molar-refractivity contribution < 1.29 is 28.8 Å². The molecule has 3 rings (SSSR count). The molecule has 0 atom stereocenters. The molecule has 0 bridgehead atoms. The molecule has 0 aliphatic rings.